The van der Waals surface area contributed by atoms with E-state index in [9.17, 15) is 14.7 Å². The first-order valence-corrected chi connectivity index (χ1v) is 9.59. The quantitative estimate of drug-likeness (QED) is 0.556. The first-order chi connectivity index (χ1) is 14.3. The second kappa shape index (κ2) is 9.06. The standard InChI is InChI=1S/C21H22ClN5O3/c1-12-6-7-13(9-15(12)22)10-24-21(30)17-14(11-28)20(29)26-19(25-17)18-16(27(2)3)5-4-8-23-18/h4-9,28H,10-11H2,1-3H3,(H,24,30)(H,25,26,29). The van der Waals surface area contributed by atoms with Crippen molar-refractivity contribution in [2.45, 2.75) is 20.1 Å². The minimum Gasteiger partial charge on any atom is -0.391 e. The van der Waals surface area contributed by atoms with E-state index in [1.807, 2.05) is 44.1 Å². The van der Waals surface area contributed by atoms with E-state index in [0.29, 0.717) is 10.7 Å². The number of aryl methyl sites for hydroxylation is 1. The average Bonchev–Trinajstić information content (AvgIpc) is 2.73. The maximum absolute atomic E-state index is 12.8. The number of aliphatic hydroxyl groups excluding tert-OH is 1. The van der Waals surface area contributed by atoms with Crippen molar-refractivity contribution in [2.75, 3.05) is 19.0 Å². The van der Waals surface area contributed by atoms with Gasteiger partial charge in [0.05, 0.1) is 17.9 Å². The predicted octanol–water partition coefficient (Wildman–Crippen LogP) is 2.28. The molecular formula is C21H22ClN5O3. The van der Waals surface area contributed by atoms with E-state index in [1.165, 1.54) is 0 Å². The molecule has 0 aliphatic rings. The number of aromatic nitrogens is 3. The highest BCUT2D eigenvalue weighted by molar-refractivity contribution is 6.31. The number of H-pyrrole nitrogens is 1. The summed E-state index contributed by atoms with van der Waals surface area (Å²) < 4.78 is 0. The summed E-state index contributed by atoms with van der Waals surface area (Å²) in [5, 5.41) is 12.9. The van der Waals surface area contributed by atoms with Gasteiger partial charge in [-0.3, -0.25) is 14.6 Å². The van der Waals surface area contributed by atoms with Gasteiger partial charge in [-0.2, -0.15) is 0 Å². The number of amides is 1. The third-order valence-electron chi connectivity index (χ3n) is 4.57. The van der Waals surface area contributed by atoms with Crippen LogP contribution in [-0.2, 0) is 13.2 Å². The van der Waals surface area contributed by atoms with Crippen molar-refractivity contribution in [3.05, 3.63) is 74.3 Å². The summed E-state index contributed by atoms with van der Waals surface area (Å²) in [5.74, 6) is -0.435. The zero-order chi connectivity index (χ0) is 21.8. The number of carbonyl (C=O) groups is 1. The van der Waals surface area contributed by atoms with Gasteiger partial charge in [0.15, 0.2) is 5.82 Å². The summed E-state index contributed by atoms with van der Waals surface area (Å²) in [4.78, 5) is 38.4. The molecule has 0 aliphatic carbocycles. The third-order valence-corrected chi connectivity index (χ3v) is 4.98. The molecule has 3 aromatic rings. The highest BCUT2D eigenvalue weighted by Gasteiger charge is 2.20. The first kappa shape index (κ1) is 21.5. The lowest BCUT2D eigenvalue weighted by atomic mass is 10.1. The number of carbonyl (C=O) groups excluding carboxylic acids is 1. The summed E-state index contributed by atoms with van der Waals surface area (Å²) >= 11 is 6.13. The van der Waals surface area contributed by atoms with Crippen LogP contribution >= 0.6 is 11.6 Å². The third kappa shape index (κ3) is 4.50. The molecule has 1 amide bonds. The van der Waals surface area contributed by atoms with Crippen LogP contribution in [0.15, 0.2) is 41.3 Å². The second-order valence-corrected chi connectivity index (χ2v) is 7.34. The molecule has 2 heterocycles. The molecule has 0 spiro atoms. The number of nitrogens with one attached hydrogen (secondary N) is 2. The number of halogens is 1. The van der Waals surface area contributed by atoms with E-state index in [2.05, 4.69) is 20.3 Å². The Bertz CT molecular complexity index is 1140. The summed E-state index contributed by atoms with van der Waals surface area (Å²) in [6.45, 7) is 1.46. The van der Waals surface area contributed by atoms with Gasteiger partial charge >= 0.3 is 0 Å². The molecule has 0 bridgehead atoms. The van der Waals surface area contributed by atoms with Crippen LogP contribution in [0.3, 0.4) is 0 Å². The molecule has 9 heteroatoms. The lowest BCUT2D eigenvalue weighted by molar-refractivity contribution is 0.0942. The van der Waals surface area contributed by atoms with Crippen LogP contribution in [-0.4, -0.2) is 40.1 Å². The summed E-state index contributed by atoms with van der Waals surface area (Å²) in [7, 11) is 3.67. The normalized spacial score (nSPS) is 10.7. The van der Waals surface area contributed by atoms with Crippen LogP contribution in [0.1, 0.15) is 27.2 Å². The van der Waals surface area contributed by atoms with Crippen LogP contribution in [0.25, 0.3) is 11.5 Å². The smallest absolute Gasteiger partial charge is 0.270 e. The molecule has 30 heavy (non-hydrogen) atoms. The molecule has 0 unspecified atom stereocenters. The molecule has 0 saturated carbocycles. The number of hydrogen-bond donors (Lipinski definition) is 3. The van der Waals surface area contributed by atoms with Gasteiger partial charge < -0.3 is 20.3 Å². The van der Waals surface area contributed by atoms with Crippen molar-refractivity contribution in [3.8, 4) is 11.5 Å². The Balaban J connectivity index is 1.96. The van der Waals surface area contributed by atoms with Crippen LogP contribution in [0.5, 0.6) is 0 Å². The van der Waals surface area contributed by atoms with Crippen molar-refractivity contribution >= 4 is 23.2 Å². The number of pyridine rings is 1. The number of aromatic amines is 1. The molecule has 2 aromatic heterocycles. The second-order valence-electron chi connectivity index (χ2n) is 6.93. The minimum atomic E-state index is -0.621. The number of aliphatic hydroxyl groups is 1. The van der Waals surface area contributed by atoms with Gasteiger partial charge in [-0.05, 0) is 36.2 Å². The number of nitrogens with zero attached hydrogens (tertiary/aromatic N) is 3. The molecule has 0 aliphatic heterocycles. The van der Waals surface area contributed by atoms with Crippen molar-refractivity contribution in [3.63, 3.8) is 0 Å². The Morgan fingerprint density at radius 3 is 2.73 bits per heavy atom. The lowest BCUT2D eigenvalue weighted by Crippen LogP contribution is -2.30. The Labute approximate surface area is 178 Å². The molecule has 0 atom stereocenters. The maximum atomic E-state index is 12.8. The van der Waals surface area contributed by atoms with E-state index < -0.39 is 18.1 Å². The van der Waals surface area contributed by atoms with Crippen molar-refractivity contribution in [2.24, 2.45) is 0 Å². The minimum absolute atomic E-state index is 0.111. The van der Waals surface area contributed by atoms with Gasteiger partial charge in [0.1, 0.15) is 11.4 Å². The fourth-order valence-electron chi connectivity index (χ4n) is 2.90. The van der Waals surface area contributed by atoms with E-state index in [4.69, 9.17) is 11.6 Å². The summed E-state index contributed by atoms with van der Waals surface area (Å²) in [5.41, 5.74) is 2.02. The van der Waals surface area contributed by atoms with Crippen LogP contribution in [0, 0.1) is 6.92 Å². The van der Waals surface area contributed by atoms with Gasteiger partial charge in [0, 0.05) is 31.9 Å². The Morgan fingerprint density at radius 2 is 2.07 bits per heavy atom. The summed E-state index contributed by atoms with van der Waals surface area (Å²) in [6, 6.07) is 9.05. The van der Waals surface area contributed by atoms with Crippen molar-refractivity contribution in [1.82, 2.24) is 20.3 Å². The number of rotatable bonds is 6. The Hall–Kier alpha value is -3.23. The number of anilines is 1. The molecule has 8 nitrogen and oxygen atoms in total. The SMILES string of the molecule is Cc1ccc(CNC(=O)c2nc(-c3ncccc3N(C)C)[nH]c(=O)c2CO)cc1Cl. The highest BCUT2D eigenvalue weighted by atomic mass is 35.5. The molecule has 156 valence electrons. The highest BCUT2D eigenvalue weighted by Crippen LogP contribution is 2.24. The number of hydrogen-bond acceptors (Lipinski definition) is 6. The van der Waals surface area contributed by atoms with E-state index in [0.717, 1.165) is 16.8 Å². The lowest BCUT2D eigenvalue weighted by Gasteiger charge is -2.16. The molecule has 0 radical (unpaired) electrons. The molecule has 3 rings (SSSR count). The van der Waals surface area contributed by atoms with Crippen molar-refractivity contribution < 1.29 is 9.90 Å². The fourth-order valence-corrected chi connectivity index (χ4v) is 3.10. The fraction of sp³-hybridized carbons (Fsp3) is 0.238. The Morgan fingerprint density at radius 1 is 1.30 bits per heavy atom. The van der Waals surface area contributed by atoms with Gasteiger partial charge in [-0.1, -0.05) is 23.7 Å². The topological polar surface area (TPSA) is 111 Å². The molecule has 0 saturated heterocycles. The molecular weight excluding hydrogens is 406 g/mol. The first-order valence-electron chi connectivity index (χ1n) is 9.21. The van der Waals surface area contributed by atoms with E-state index in [-0.39, 0.29) is 23.6 Å². The van der Waals surface area contributed by atoms with E-state index in [1.54, 1.807) is 18.3 Å². The van der Waals surface area contributed by atoms with Crippen LogP contribution in [0.2, 0.25) is 5.02 Å². The van der Waals surface area contributed by atoms with Gasteiger partial charge in [-0.15, -0.1) is 0 Å². The largest absolute Gasteiger partial charge is 0.391 e. The van der Waals surface area contributed by atoms with Gasteiger partial charge in [-0.25, -0.2) is 4.98 Å². The monoisotopic (exact) mass is 427 g/mol. The van der Waals surface area contributed by atoms with E-state index >= 15 is 0 Å². The molecule has 3 N–H and O–H groups in total. The molecule has 1 aromatic carbocycles. The van der Waals surface area contributed by atoms with Gasteiger partial charge in [0.25, 0.3) is 11.5 Å². The predicted molar refractivity (Wildman–Crippen MR) is 116 cm³/mol. The zero-order valence-electron chi connectivity index (χ0n) is 16.9. The van der Waals surface area contributed by atoms with Gasteiger partial charge in [0.2, 0.25) is 0 Å². The van der Waals surface area contributed by atoms with Crippen LogP contribution < -0.4 is 15.8 Å². The van der Waals surface area contributed by atoms with Crippen molar-refractivity contribution in [1.29, 1.82) is 0 Å². The summed E-state index contributed by atoms with van der Waals surface area (Å²) in [6.07, 6.45) is 1.57. The number of benzene rings is 1. The Kier molecular flexibility index (Phi) is 6.49. The van der Waals surface area contributed by atoms with Crippen LogP contribution in [0.4, 0.5) is 5.69 Å². The zero-order valence-corrected chi connectivity index (χ0v) is 17.6. The average molecular weight is 428 g/mol. The maximum Gasteiger partial charge on any atom is 0.270 e. The molecule has 0 fully saturated rings.